The number of fused-ring (bicyclic) bond motifs is 4. The number of hydrogen-bond donors (Lipinski definition) is 1. The zero-order chi connectivity index (χ0) is 21.5. The molecule has 0 saturated carbocycles. The predicted molar refractivity (Wildman–Crippen MR) is 107 cm³/mol. The SMILES string of the molecule is OC(c1cccnc1)c1c(-c2cc3c(F)c(F)c2OCO3)noc1-c1cccc(Cl)c1. The van der Waals surface area contributed by atoms with Crippen molar-refractivity contribution in [1.29, 1.82) is 0 Å². The summed E-state index contributed by atoms with van der Waals surface area (Å²) in [5.74, 6) is -2.87. The van der Waals surface area contributed by atoms with Crippen LogP contribution in [-0.2, 0) is 0 Å². The number of hydrogen-bond acceptors (Lipinski definition) is 6. The van der Waals surface area contributed by atoms with Gasteiger partial charge in [0.2, 0.25) is 18.4 Å². The van der Waals surface area contributed by atoms with Crippen molar-refractivity contribution in [3.05, 3.63) is 82.6 Å². The highest BCUT2D eigenvalue weighted by atomic mass is 35.5. The molecule has 9 heteroatoms. The molecule has 1 atom stereocenters. The third-order valence-corrected chi connectivity index (χ3v) is 5.12. The number of rotatable bonds is 4. The Balaban J connectivity index is 1.77. The molecule has 0 amide bonds. The topological polar surface area (TPSA) is 77.6 Å². The Hall–Kier alpha value is -3.49. The number of ether oxygens (including phenoxy) is 2. The molecule has 31 heavy (non-hydrogen) atoms. The van der Waals surface area contributed by atoms with Crippen LogP contribution in [-0.4, -0.2) is 22.0 Å². The minimum absolute atomic E-state index is 0.0759. The van der Waals surface area contributed by atoms with Gasteiger partial charge in [-0.05, 0) is 24.3 Å². The summed E-state index contributed by atoms with van der Waals surface area (Å²) in [4.78, 5) is 4.03. The molecule has 4 aromatic rings. The van der Waals surface area contributed by atoms with Crippen molar-refractivity contribution in [3.8, 4) is 34.1 Å². The van der Waals surface area contributed by atoms with Gasteiger partial charge in [0.25, 0.3) is 0 Å². The Labute approximate surface area is 179 Å². The lowest BCUT2D eigenvalue weighted by Crippen LogP contribution is -2.04. The highest BCUT2D eigenvalue weighted by molar-refractivity contribution is 6.30. The fourth-order valence-corrected chi connectivity index (χ4v) is 3.64. The summed E-state index contributed by atoms with van der Waals surface area (Å²) in [6.07, 6.45) is 1.81. The number of pyridine rings is 1. The molecule has 6 rings (SSSR count). The average Bonchev–Trinajstić information content (AvgIpc) is 3.04. The van der Waals surface area contributed by atoms with Crippen LogP contribution in [0.15, 0.2) is 59.4 Å². The molecule has 156 valence electrons. The smallest absolute Gasteiger partial charge is 0.231 e. The first-order valence-electron chi connectivity index (χ1n) is 9.16. The van der Waals surface area contributed by atoms with Crippen LogP contribution >= 0.6 is 11.6 Å². The van der Waals surface area contributed by atoms with E-state index in [9.17, 15) is 13.9 Å². The molecule has 2 bridgehead atoms. The summed E-state index contributed by atoms with van der Waals surface area (Å²) in [5.41, 5.74) is 1.37. The average molecular weight is 443 g/mol. The lowest BCUT2D eigenvalue weighted by atomic mass is 9.94. The number of aromatic nitrogens is 2. The molecule has 2 aliphatic heterocycles. The number of nitrogens with zero attached hydrogens (tertiary/aromatic N) is 2. The minimum atomic E-state index is -1.24. The van der Waals surface area contributed by atoms with Gasteiger partial charge in [-0.25, -0.2) is 0 Å². The first-order valence-corrected chi connectivity index (χ1v) is 9.54. The summed E-state index contributed by atoms with van der Waals surface area (Å²) in [6.45, 7) is -0.370. The fraction of sp³-hybridized carbons (Fsp3) is 0.0909. The van der Waals surface area contributed by atoms with E-state index in [2.05, 4.69) is 10.1 Å². The fourth-order valence-electron chi connectivity index (χ4n) is 3.45. The van der Waals surface area contributed by atoms with Gasteiger partial charge >= 0.3 is 0 Å². The number of aliphatic hydroxyl groups excluding tert-OH is 1. The van der Waals surface area contributed by atoms with Crippen LogP contribution in [0.2, 0.25) is 5.02 Å². The van der Waals surface area contributed by atoms with Gasteiger partial charge in [-0.15, -0.1) is 0 Å². The van der Waals surface area contributed by atoms with E-state index in [4.69, 9.17) is 25.6 Å². The molecule has 0 fully saturated rings. The first-order chi connectivity index (χ1) is 15.0. The van der Waals surface area contributed by atoms with Crippen LogP contribution < -0.4 is 9.47 Å². The third-order valence-electron chi connectivity index (χ3n) is 4.89. The van der Waals surface area contributed by atoms with Gasteiger partial charge in [0.05, 0.1) is 11.1 Å². The predicted octanol–water partition coefficient (Wildman–Crippen LogP) is 5.15. The van der Waals surface area contributed by atoms with E-state index in [1.54, 1.807) is 42.6 Å². The zero-order valence-electron chi connectivity index (χ0n) is 15.7. The molecule has 1 unspecified atom stereocenters. The normalized spacial score (nSPS) is 13.4. The van der Waals surface area contributed by atoms with Gasteiger partial charge in [0.1, 0.15) is 11.8 Å². The van der Waals surface area contributed by atoms with Crippen molar-refractivity contribution in [1.82, 2.24) is 10.1 Å². The minimum Gasteiger partial charge on any atom is -0.454 e. The molecule has 0 aliphatic carbocycles. The van der Waals surface area contributed by atoms with Crippen LogP contribution in [0.1, 0.15) is 17.2 Å². The van der Waals surface area contributed by atoms with Gasteiger partial charge in [0, 0.05) is 28.5 Å². The van der Waals surface area contributed by atoms with Crippen molar-refractivity contribution >= 4 is 11.6 Å². The number of aliphatic hydroxyl groups is 1. The highest BCUT2D eigenvalue weighted by Gasteiger charge is 2.32. The molecule has 0 saturated heterocycles. The second-order valence-electron chi connectivity index (χ2n) is 6.76. The summed E-state index contributed by atoms with van der Waals surface area (Å²) >= 11 is 6.12. The van der Waals surface area contributed by atoms with Crippen LogP contribution in [0, 0.1) is 11.6 Å². The Morgan fingerprint density at radius 1 is 1.06 bits per heavy atom. The van der Waals surface area contributed by atoms with Gasteiger partial charge in [-0.1, -0.05) is 35.0 Å². The van der Waals surface area contributed by atoms with Gasteiger partial charge < -0.3 is 19.1 Å². The summed E-state index contributed by atoms with van der Waals surface area (Å²) in [5, 5.41) is 15.7. The molecule has 2 aliphatic rings. The maximum atomic E-state index is 14.6. The molecule has 2 aromatic heterocycles. The van der Waals surface area contributed by atoms with Gasteiger partial charge in [-0.2, -0.15) is 8.78 Å². The Morgan fingerprint density at radius 3 is 2.71 bits per heavy atom. The van der Waals surface area contributed by atoms with Crippen molar-refractivity contribution < 1.29 is 27.9 Å². The van der Waals surface area contributed by atoms with Crippen molar-refractivity contribution in [3.63, 3.8) is 0 Å². The lowest BCUT2D eigenvalue weighted by Gasteiger charge is -2.14. The van der Waals surface area contributed by atoms with E-state index in [0.29, 0.717) is 16.1 Å². The van der Waals surface area contributed by atoms with Crippen molar-refractivity contribution in [2.24, 2.45) is 0 Å². The Kier molecular flexibility index (Phi) is 4.80. The molecule has 4 heterocycles. The summed E-state index contributed by atoms with van der Waals surface area (Å²) < 4.78 is 44.6. The number of benzene rings is 2. The van der Waals surface area contributed by atoms with Crippen LogP contribution in [0.25, 0.3) is 22.6 Å². The van der Waals surface area contributed by atoms with Crippen LogP contribution in [0.3, 0.4) is 0 Å². The number of halogens is 3. The zero-order valence-corrected chi connectivity index (χ0v) is 16.4. The first kappa shape index (κ1) is 19.5. The second kappa shape index (κ2) is 7.64. The second-order valence-corrected chi connectivity index (χ2v) is 7.20. The maximum absolute atomic E-state index is 14.6. The van der Waals surface area contributed by atoms with E-state index in [0.717, 1.165) is 0 Å². The Morgan fingerprint density at radius 2 is 1.94 bits per heavy atom. The van der Waals surface area contributed by atoms with Crippen LogP contribution in [0.4, 0.5) is 8.78 Å². The quantitative estimate of drug-likeness (QED) is 0.471. The van der Waals surface area contributed by atoms with E-state index in [-0.39, 0.29) is 40.9 Å². The Bertz CT molecular complexity index is 1280. The molecule has 1 N–H and O–H groups in total. The molecular formula is C22H13ClF2N2O4. The van der Waals surface area contributed by atoms with E-state index in [1.807, 2.05) is 0 Å². The molecule has 0 spiro atoms. The maximum Gasteiger partial charge on any atom is 0.231 e. The molecular weight excluding hydrogens is 430 g/mol. The van der Waals surface area contributed by atoms with Gasteiger partial charge in [-0.3, -0.25) is 4.98 Å². The van der Waals surface area contributed by atoms with Crippen molar-refractivity contribution in [2.75, 3.05) is 6.79 Å². The van der Waals surface area contributed by atoms with E-state index in [1.165, 1.54) is 12.3 Å². The monoisotopic (exact) mass is 442 g/mol. The summed E-state index contributed by atoms with van der Waals surface area (Å²) in [7, 11) is 0. The molecule has 6 nitrogen and oxygen atoms in total. The third kappa shape index (κ3) is 3.30. The standard InChI is InChI=1S/C22H13ClF2N2O4/c23-13-5-1-3-11(7-13)21-16(20(28)12-4-2-6-26-9-12)19(27-31-21)14-8-15-17(24)18(25)22(14)30-10-29-15/h1-9,20,28H,10H2. The van der Waals surface area contributed by atoms with E-state index >= 15 is 0 Å². The van der Waals surface area contributed by atoms with Crippen molar-refractivity contribution in [2.45, 2.75) is 6.10 Å². The highest BCUT2D eigenvalue weighted by Crippen LogP contribution is 2.46. The van der Waals surface area contributed by atoms with E-state index < -0.39 is 17.7 Å². The van der Waals surface area contributed by atoms with Crippen LogP contribution in [0.5, 0.6) is 11.5 Å². The lowest BCUT2D eigenvalue weighted by molar-refractivity contribution is 0.123. The molecule has 2 aromatic carbocycles. The van der Waals surface area contributed by atoms with Gasteiger partial charge in [0.15, 0.2) is 17.3 Å². The summed E-state index contributed by atoms with van der Waals surface area (Å²) in [6, 6.07) is 11.4. The largest absolute Gasteiger partial charge is 0.454 e. The molecule has 0 radical (unpaired) electrons.